The Hall–Kier alpha value is -3.96. The molecule has 37 heavy (non-hydrogen) atoms. The molecule has 1 heterocycles. The predicted molar refractivity (Wildman–Crippen MR) is 151 cm³/mol. The molecule has 0 unspecified atom stereocenters. The maximum absolute atomic E-state index is 13.1. The molecular weight excluding hydrogens is 484 g/mol. The largest absolute Gasteiger partial charge is 0.426 e. The fourth-order valence-corrected chi connectivity index (χ4v) is 4.84. The number of anilines is 1. The summed E-state index contributed by atoms with van der Waals surface area (Å²) in [4.78, 5) is 29.2. The van der Waals surface area contributed by atoms with E-state index < -0.39 is 0 Å². The van der Waals surface area contributed by atoms with E-state index >= 15 is 0 Å². The van der Waals surface area contributed by atoms with Crippen molar-refractivity contribution in [1.82, 2.24) is 4.98 Å². The van der Waals surface area contributed by atoms with Crippen LogP contribution in [-0.4, -0.2) is 16.9 Å². The summed E-state index contributed by atoms with van der Waals surface area (Å²) >= 11 is 6.60. The van der Waals surface area contributed by atoms with Crippen LogP contribution in [0.25, 0.3) is 28.1 Å². The van der Waals surface area contributed by atoms with Crippen LogP contribution in [0, 0.1) is 34.6 Å². The van der Waals surface area contributed by atoms with Crippen LogP contribution in [0.5, 0.6) is 5.75 Å². The van der Waals surface area contributed by atoms with Crippen molar-refractivity contribution in [3.8, 4) is 16.9 Å². The van der Waals surface area contributed by atoms with E-state index in [0.29, 0.717) is 16.5 Å². The van der Waals surface area contributed by atoms with Gasteiger partial charge in [-0.2, -0.15) is 0 Å². The van der Waals surface area contributed by atoms with Crippen molar-refractivity contribution < 1.29 is 14.3 Å². The minimum Gasteiger partial charge on any atom is -0.426 e. The lowest BCUT2D eigenvalue weighted by molar-refractivity contribution is -0.132. The van der Waals surface area contributed by atoms with Gasteiger partial charge in [0.15, 0.2) is 0 Å². The first-order chi connectivity index (χ1) is 17.6. The number of nitrogens with one attached hydrogen (secondary N) is 1. The monoisotopic (exact) mass is 512 g/mol. The minimum atomic E-state index is -0.364. The Balaban J connectivity index is 1.74. The van der Waals surface area contributed by atoms with E-state index in [9.17, 15) is 9.59 Å². The zero-order chi connectivity index (χ0) is 26.9. The van der Waals surface area contributed by atoms with Gasteiger partial charge in [0, 0.05) is 34.5 Å². The lowest BCUT2D eigenvalue weighted by Crippen LogP contribution is -2.10. The van der Waals surface area contributed by atoms with Crippen LogP contribution < -0.4 is 10.1 Å². The van der Waals surface area contributed by atoms with Crippen LogP contribution in [0.1, 0.15) is 40.3 Å². The van der Waals surface area contributed by atoms with E-state index in [1.807, 2.05) is 65.0 Å². The number of amides is 1. The van der Waals surface area contributed by atoms with Gasteiger partial charge in [-0.05, 0) is 86.7 Å². The predicted octanol–water partition coefficient (Wildman–Crippen LogP) is 7.67. The summed E-state index contributed by atoms with van der Waals surface area (Å²) in [7, 11) is 0. The van der Waals surface area contributed by atoms with Crippen molar-refractivity contribution in [2.75, 3.05) is 5.32 Å². The number of fused-ring (bicyclic) bond motifs is 1. The van der Waals surface area contributed by atoms with Gasteiger partial charge in [-0.3, -0.25) is 14.6 Å². The first-order valence-corrected chi connectivity index (χ1v) is 12.4. The normalized spacial score (nSPS) is 11.2. The third-order valence-electron chi connectivity index (χ3n) is 6.43. The second-order valence-corrected chi connectivity index (χ2v) is 9.69. The average molecular weight is 513 g/mol. The average Bonchev–Trinajstić information content (AvgIpc) is 2.83. The zero-order valence-corrected chi connectivity index (χ0v) is 22.6. The fourth-order valence-electron chi connectivity index (χ4n) is 4.61. The Morgan fingerprint density at radius 2 is 1.70 bits per heavy atom. The molecule has 0 atom stereocenters. The Kier molecular flexibility index (Phi) is 7.46. The van der Waals surface area contributed by atoms with Crippen LogP contribution >= 0.6 is 11.6 Å². The second kappa shape index (κ2) is 10.6. The van der Waals surface area contributed by atoms with E-state index in [1.54, 1.807) is 12.3 Å². The van der Waals surface area contributed by atoms with E-state index in [4.69, 9.17) is 16.3 Å². The molecule has 0 aliphatic rings. The molecule has 0 fully saturated rings. The van der Waals surface area contributed by atoms with E-state index in [0.717, 1.165) is 55.4 Å². The zero-order valence-electron chi connectivity index (χ0n) is 21.8. The number of aromatic nitrogens is 1. The smallest absolute Gasteiger partial charge is 0.308 e. The highest BCUT2D eigenvalue weighted by Crippen LogP contribution is 2.39. The second-order valence-electron chi connectivity index (χ2n) is 9.28. The summed E-state index contributed by atoms with van der Waals surface area (Å²) in [5.74, 6) is -0.0987. The third-order valence-corrected chi connectivity index (χ3v) is 6.76. The topological polar surface area (TPSA) is 68.3 Å². The highest BCUT2D eigenvalue weighted by molar-refractivity contribution is 6.34. The standard InChI is InChI=1S/C31H29ClN2O3/c1-17-13-18(2)30-25(14-17)29(24-9-7-8-10-26(24)32)27(16-33-30)34-28(36)12-11-23-15-19(3)31(37-22(6)35)21(5)20(23)4/h7-16H,1-6H3,(H,34,36)/b12-11+. The fraction of sp³-hybridized carbons (Fsp3) is 0.194. The minimum absolute atomic E-state index is 0.294. The SMILES string of the molecule is CC(=O)Oc1c(C)cc(/C=C/C(=O)Nc2cnc3c(C)cc(C)cc3c2-c2ccccc2Cl)c(C)c1C. The number of aryl methyl sites for hydroxylation is 3. The quantitative estimate of drug-likeness (QED) is 0.169. The maximum Gasteiger partial charge on any atom is 0.308 e. The molecule has 1 amide bonds. The number of carbonyl (C=O) groups excluding carboxylic acids is 2. The number of hydrogen-bond acceptors (Lipinski definition) is 4. The van der Waals surface area contributed by atoms with Gasteiger partial charge in [0.25, 0.3) is 0 Å². The summed E-state index contributed by atoms with van der Waals surface area (Å²) in [6, 6.07) is 13.7. The molecular formula is C31H29ClN2O3. The molecule has 0 spiro atoms. The van der Waals surface area contributed by atoms with E-state index in [-0.39, 0.29) is 11.9 Å². The van der Waals surface area contributed by atoms with Crippen LogP contribution in [0.3, 0.4) is 0 Å². The molecule has 188 valence electrons. The summed E-state index contributed by atoms with van der Waals surface area (Å²) < 4.78 is 5.37. The van der Waals surface area contributed by atoms with Crippen molar-refractivity contribution in [1.29, 1.82) is 0 Å². The van der Waals surface area contributed by atoms with Gasteiger partial charge in [-0.25, -0.2) is 0 Å². The molecule has 0 saturated heterocycles. The Morgan fingerprint density at radius 3 is 2.41 bits per heavy atom. The van der Waals surface area contributed by atoms with Gasteiger partial charge in [0.05, 0.1) is 17.4 Å². The maximum atomic E-state index is 13.1. The lowest BCUT2D eigenvalue weighted by atomic mass is 9.96. The number of nitrogens with zero attached hydrogens (tertiary/aromatic N) is 1. The van der Waals surface area contributed by atoms with Crippen LogP contribution in [0.4, 0.5) is 5.69 Å². The molecule has 3 aromatic carbocycles. The van der Waals surface area contributed by atoms with Gasteiger partial charge in [-0.15, -0.1) is 0 Å². The van der Waals surface area contributed by atoms with Gasteiger partial charge in [0.2, 0.25) is 5.91 Å². The van der Waals surface area contributed by atoms with Gasteiger partial charge in [-0.1, -0.05) is 41.4 Å². The first kappa shape index (κ1) is 26.1. The Morgan fingerprint density at radius 1 is 0.973 bits per heavy atom. The number of halogens is 1. The molecule has 5 nitrogen and oxygen atoms in total. The van der Waals surface area contributed by atoms with E-state index in [2.05, 4.69) is 22.4 Å². The first-order valence-electron chi connectivity index (χ1n) is 12.0. The number of benzene rings is 3. The molecule has 1 aromatic heterocycles. The summed E-state index contributed by atoms with van der Waals surface area (Å²) in [6.45, 7) is 11.2. The molecule has 0 bridgehead atoms. The van der Waals surface area contributed by atoms with Gasteiger partial charge >= 0.3 is 5.97 Å². The molecule has 0 aliphatic heterocycles. The van der Waals surface area contributed by atoms with Gasteiger partial charge < -0.3 is 10.1 Å². The highest BCUT2D eigenvalue weighted by atomic mass is 35.5. The summed E-state index contributed by atoms with van der Waals surface area (Å²) in [5.41, 5.74) is 8.74. The highest BCUT2D eigenvalue weighted by Gasteiger charge is 2.17. The number of hydrogen-bond donors (Lipinski definition) is 1. The van der Waals surface area contributed by atoms with Crippen molar-refractivity contribution in [3.63, 3.8) is 0 Å². The molecule has 0 radical (unpaired) electrons. The van der Waals surface area contributed by atoms with Crippen molar-refractivity contribution in [3.05, 3.63) is 93.1 Å². The molecule has 4 rings (SSSR count). The molecule has 0 aliphatic carbocycles. The van der Waals surface area contributed by atoms with Crippen molar-refractivity contribution in [2.24, 2.45) is 0 Å². The number of carbonyl (C=O) groups is 2. The number of ether oxygens (including phenoxy) is 1. The summed E-state index contributed by atoms with van der Waals surface area (Å²) in [5, 5.41) is 4.53. The molecule has 6 heteroatoms. The third kappa shape index (κ3) is 5.42. The van der Waals surface area contributed by atoms with E-state index in [1.165, 1.54) is 13.0 Å². The van der Waals surface area contributed by atoms with Crippen molar-refractivity contribution >= 4 is 46.1 Å². The van der Waals surface area contributed by atoms with Crippen molar-refractivity contribution in [2.45, 2.75) is 41.5 Å². The molecule has 1 N–H and O–H groups in total. The number of rotatable bonds is 5. The van der Waals surface area contributed by atoms with Crippen LogP contribution in [0.2, 0.25) is 5.02 Å². The molecule has 4 aromatic rings. The number of pyridine rings is 1. The Labute approximate surface area is 222 Å². The van der Waals surface area contributed by atoms with Crippen LogP contribution in [-0.2, 0) is 9.59 Å². The summed E-state index contributed by atoms with van der Waals surface area (Å²) in [6.07, 6.45) is 4.94. The Bertz CT molecular complexity index is 1590. The number of esters is 1. The van der Waals surface area contributed by atoms with Crippen LogP contribution in [0.15, 0.2) is 54.7 Å². The lowest BCUT2D eigenvalue weighted by Gasteiger charge is -2.16. The van der Waals surface area contributed by atoms with Gasteiger partial charge in [0.1, 0.15) is 5.75 Å². The molecule has 0 saturated carbocycles.